The van der Waals surface area contributed by atoms with Crippen LogP contribution in [0.2, 0.25) is 0 Å². The molecule has 0 saturated heterocycles. The molecule has 1 aromatic carbocycles. The molecule has 33 heavy (non-hydrogen) atoms. The van der Waals surface area contributed by atoms with Gasteiger partial charge in [0.05, 0.1) is 12.7 Å². The first-order valence-corrected chi connectivity index (χ1v) is 10.9. The van der Waals surface area contributed by atoms with Crippen LogP contribution in [-0.4, -0.2) is 17.8 Å². The molecule has 176 valence electrons. The number of aliphatic hydroxyl groups is 1. The largest absolute Gasteiger partial charge is 0.494 e. The van der Waals surface area contributed by atoms with E-state index in [1.807, 2.05) is 0 Å². The molecule has 0 aliphatic heterocycles. The van der Waals surface area contributed by atoms with E-state index in [4.69, 9.17) is 4.74 Å². The van der Waals surface area contributed by atoms with E-state index in [9.17, 15) is 18.3 Å². The van der Waals surface area contributed by atoms with Gasteiger partial charge in [0.25, 0.3) is 0 Å². The van der Waals surface area contributed by atoms with Crippen molar-refractivity contribution in [2.24, 2.45) is 0 Å². The molecule has 0 amide bonds. The van der Waals surface area contributed by atoms with Crippen LogP contribution in [0.5, 0.6) is 0 Å². The Hall–Kier alpha value is -3.05. The standard InChI is InChI=1S/C28H31F3O2/c1-6-33-20(4)17-26(29)21(5)19(3)9-7-18(2)8-10-23-13-16-25(28(31)27(23)30)22-11-14-24(32)15-12-22/h7,9,11,13,16-17,24,32H,2-6,8,10,12,14-15H2,1H3/b9-7-,26-17+. The number of aryl methyl sites for hydroxylation is 1. The number of halogens is 3. The Balaban J connectivity index is 1.97. The first-order valence-electron chi connectivity index (χ1n) is 10.9. The predicted molar refractivity (Wildman–Crippen MR) is 129 cm³/mol. The van der Waals surface area contributed by atoms with Crippen molar-refractivity contribution in [1.82, 2.24) is 0 Å². The molecule has 1 N–H and O–H groups in total. The average Bonchev–Trinajstić information content (AvgIpc) is 2.78. The molecule has 2 nitrogen and oxygen atoms in total. The number of hydrogen-bond acceptors (Lipinski definition) is 2. The third-order valence-electron chi connectivity index (χ3n) is 5.42. The number of benzene rings is 1. The Bertz CT molecular complexity index is 1030. The zero-order valence-corrected chi connectivity index (χ0v) is 19.1. The topological polar surface area (TPSA) is 29.5 Å². The molecule has 0 bridgehead atoms. The first kappa shape index (κ1) is 26.2. The van der Waals surface area contributed by atoms with Gasteiger partial charge < -0.3 is 9.84 Å². The highest BCUT2D eigenvalue weighted by Crippen LogP contribution is 2.31. The number of hydrogen-bond donors (Lipinski definition) is 1. The summed E-state index contributed by atoms with van der Waals surface area (Å²) < 4.78 is 48.5. The summed E-state index contributed by atoms with van der Waals surface area (Å²) >= 11 is 0. The van der Waals surface area contributed by atoms with Crippen molar-refractivity contribution in [1.29, 1.82) is 0 Å². The highest BCUT2D eigenvalue weighted by atomic mass is 19.2. The summed E-state index contributed by atoms with van der Waals surface area (Å²) in [6, 6.07) is 3.18. The fraction of sp³-hybridized carbons (Fsp3) is 0.286. The van der Waals surface area contributed by atoms with Crippen LogP contribution >= 0.6 is 0 Å². The first-order chi connectivity index (χ1) is 15.6. The van der Waals surface area contributed by atoms with Gasteiger partial charge in [0.1, 0.15) is 11.6 Å². The molecule has 0 heterocycles. The molecule has 1 aliphatic carbocycles. The summed E-state index contributed by atoms with van der Waals surface area (Å²) in [4.78, 5) is 0. The van der Waals surface area contributed by atoms with Crippen molar-refractivity contribution in [3.8, 4) is 0 Å². The lowest BCUT2D eigenvalue weighted by molar-refractivity contribution is 0.166. The normalized spacial score (nSPS) is 16.5. The maximum atomic E-state index is 14.6. The highest BCUT2D eigenvalue weighted by molar-refractivity contribution is 5.67. The van der Waals surface area contributed by atoms with Gasteiger partial charge in [-0.3, -0.25) is 0 Å². The monoisotopic (exact) mass is 456 g/mol. The lowest BCUT2D eigenvalue weighted by Crippen LogP contribution is -2.11. The zero-order chi connectivity index (χ0) is 24.5. The summed E-state index contributed by atoms with van der Waals surface area (Å²) in [5.41, 5.74) is 2.32. The molecule has 0 radical (unpaired) electrons. The van der Waals surface area contributed by atoms with Crippen LogP contribution in [0.4, 0.5) is 13.2 Å². The van der Waals surface area contributed by atoms with E-state index in [1.54, 1.807) is 37.3 Å². The average molecular weight is 457 g/mol. The summed E-state index contributed by atoms with van der Waals surface area (Å²) in [7, 11) is 0. The smallest absolute Gasteiger partial charge is 0.166 e. The number of allylic oxidation sites excluding steroid dienone is 8. The van der Waals surface area contributed by atoms with Gasteiger partial charge in [-0.1, -0.05) is 62.2 Å². The van der Waals surface area contributed by atoms with Gasteiger partial charge in [-0.2, -0.15) is 0 Å². The van der Waals surface area contributed by atoms with Crippen LogP contribution in [-0.2, 0) is 11.2 Å². The molecule has 0 saturated carbocycles. The molecule has 2 rings (SSSR count). The van der Waals surface area contributed by atoms with Crippen LogP contribution in [0.15, 0.2) is 91.1 Å². The van der Waals surface area contributed by atoms with Crippen LogP contribution in [0.3, 0.4) is 0 Å². The highest BCUT2D eigenvalue weighted by Gasteiger charge is 2.19. The van der Waals surface area contributed by atoms with Crippen molar-refractivity contribution in [3.63, 3.8) is 0 Å². The molecular formula is C28H31F3O2. The Morgan fingerprint density at radius 3 is 2.52 bits per heavy atom. The van der Waals surface area contributed by atoms with Crippen LogP contribution in [0.25, 0.3) is 5.57 Å². The summed E-state index contributed by atoms with van der Waals surface area (Å²) in [6.07, 6.45) is 7.88. The minimum Gasteiger partial charge on any atom is -0.494 e. The van der Waals surface area contributed by atoms with Crippen molar-refractivity contribution >= 4 is 5.57 Å². The number of rotatable bonds is 11. The second kappa shape index (κ2) is 12.3. The van der Waals surface area contributed by atoms with E-state index >= 15 is 0 Å². The SMILES string of the molecule is C=C(/C=C\C(=C)C(=C)/C(F)=C\C(=C)OCC)CCc1ccc(C2=CCC(O)CC2)c(F)c1F. The molecular weight excluding hydrogens is 425 g/mol. The van der Waals surface area contributed by atoms with Gasteiger partial charge in [-0.15, -0.1) is 0 Å². The molecule has 5 heteroatoms. The summed E-state index contributed by atoms with van der Waals surface area (Å²) in [5, 5.41) is 9.59. The van der Waals surface area contributed by atoms with Crippen molar-refractivity contribution < 1.29 is 23.0 Å². The van der Waals surface area contributed by atoms with E-state index in [0.29, 0.717) is 43.4 Å². The maximum absolute atomic E-state index is 14.6. The molecule has 1 atom stereocenters. The Morgan fingerprint density at radius 1 is 1.15 bits per heavy atom. The van der Waals surface area contributed by atoms with E-state index in [-0.39, 0.29) is 28.9 Å². The van der Waals surface area contributed by atoms with Crippen LogP contribution < -0.4 is 0 Å². The van der Waals surface area contributed by atoms with Gasteiger partial charge in [0.2, 0.25) is 0 Å². The Kier molecular flexibility index (Phi) is 9.74. The lowest BCUT2D eigenvalue weighted by atomic mass is 9.90. The minimum absolute atomic E-state index is 0.0909. The molecule has 1 aliphatic rings. The van der Waals surface area contributed by atoms with Gasteiger partial charge in [0.15, 0.2) is 11.6 Å². The number of ether oxygens (including phenoxy) is 1. The maximum Gasteiger partial charge on any atom is 0.166 e. The second-order valence-electron chi connectivity index (χ2n) is 7.94. The van der Waals surface area contributed by atoms with Gasteiger partial charge in [-0.05, 0) is 55.7 Å². The number of aliphatic hydroxyl groups excluding tert-OH is 1. The minimum atomic E-state index is -0.865. The van der Waals surface area contributed by atoms with Gasteiger partial charge in [0, 0.05) is 17.2 Å². The van der Waals surface area contributed by atoms with Crippen LogP contribution in [0, 0.1) is 11.6 Å². The molecule has 1 unspecified atom stereocenters. The molecule has 0 spiro atoms. The van der Waals surface area contributed by atoms with Crippen molar-refractivity contribution in [3.05, 3.63) is 114 Å². The van der Waals surface area contributed by atoms with E-state index in [2.05, 4.69) is 26.3 Å². The summed E-state index contributed by atoms with van der Waals surface area (Å²) in [6.45, 7) is 17.1. The molecule has 1 aromatic rings. The fourth-order valence-corrected chi connectivity index (χ4v) is 3.40. The van der Waals surface area contributed by atoms with Gasteiger partial charge >= 0.3 is 0 Å². The quantitative estimate of drug-likeness (QED) is 0.277. The zero-order valence-electron chi connectivity index (χ0n) is 19.1. The van der Waals surface area contributed by atoms with E-state index in [0.717, 1.165) is 11.6 Å². The second-order valence-corrected chi connectivity index (χ2v) is 7.94. The third-order valence-corrected chi connectivity index (χ3v) is 5.42. The van der Waals surface area contributed by atoms with Crippen molar-refractivity contribution in [2.75, 3.05) is 6.61 Å². The molecule has 0 fully saturated rings. The van der Waals surface area contributed by atoms with E-state index < -0.39 is 23.6 Å². The Morgan fingerprint density at radius 2 is 1.88 bits per heavy atom. The third kappa shape index (κ3) is 7.50. The lowest BCUT2D eigenvalue weighted by Gasteiger charge is -2.18. The van der Waals surface area contributed by atoms with E-state index in [1.165, 1.54) is 0 Å². The Labute approximate surface area is 194 Å². The fourth-order valence-electron chi connectivity index (χ4n) is 3.40. The van der Waals surface area contributed by atoms with Gasteiger partial charge in [-0.25, -0.2) is 13.2 Å². The predicted octanol–water partition coefficient (Wildman–Crippen LogP) is 7.45. The van der Waals surface area contributed by atoms with Crippen LogP contribution in [0.1, 0.15) is 43.7 Å². The van der Waals surface area contributed by atoms with Crippen molar-refractivity contribution in [2.45, 2.75) is 45.1 Å². The molecule has 0 aromatic heterocycles. The summed E-state index contributed by atoms with van der Waals surface area (Å²) in [5.74, 6) is -2.14.